The Balaban J connectivity index is 1.72. The molecule has 8 heteroatoms. The molecule has 1 atom stereocenters. The number of hydrogen-bond donors (Lipinski definition) is 1. The number of nitrogens with one attached hydrogen (secondary N) is 1. The summed E-state index contributed by atoms with van der Waals surface area (Å²) in [6.45, 7) is 4.78. The highest BCUT2D eigenvalue weighted by atomic mass is 35.5. The zero-order chi connectivity index (χ0) is 21.0. The molecule has 1 aliphatic heterocycles. The van der Waals surface area contributed by atoms with E-state index in [4.69, 9.17) is 16.3 Å². The average molecular weight is 437 g/mol. The van der Waals surface area contributed by atoms with Crippen molar-refractivity contribution in [3.8, 4) is 5.75 Å². The van der Waals surface area contributed by atoms with Gasteiger partial charge in [-0.1, -0.05) is 11.6 Å². The van der Waals surface area contributed by atoms with Gasteiger partial charge in [0, 0.05) is 23.8 Å². The number of halogens is 1. The average Bonchev–Trinajstić information content (AvgIpc) is 2.71. The molecule has 1 fully saturated rings. The fraction of sp³-hybridized carbons (Fsp3) is 0.381. The number of piperidine rings is 1. The topological polar surface area (TPSA) is 75.7 Å². The van der Waals surface area contributed by atoms with Crippen molar-refractivity contribution in [2.24, 2.45) is 5.92 Å². The van der Waals surface area contributed by atoms with Gasteiger partial charge in [0.2, 0.25) is 15.9 Å². The minimum Gasteiger partial charge on any atom is -0.494 e. The van der Waals surface area contributed by atoms with E-state index in [2.05, 4.69) is 5.32 Å². The number of aryl methyl sites for hydroxylation is 1. The summed E-state index contributed by atoms with van der Waals surface area (Å²) in [4.78, 5) is 12.9. The van der Waals surface area contributed by atoms with E-state index in [0.717, 1.165) is 5.56 Å². The van der Waals surface area contributed by atoms with E-state index < -0.39 is 15.9 Å². The maximum absolute atomic E-state index is 13.1. The lowest BCUT2D eigenvalue weighted by atomic mass is 9.99. The Morgan fingerprint density at radius 2 is 1.97 bits per heavy atom. The predicted molar refractivity (Wildman–Crippen MR) is 114 cm³/mol. The van der Waals surface area contributed by atoms with Crippen LogP contribution in [0.1, 0.15) is 25.3 Å². The normalized spacial score (nSPS) is 17.7. The minimum atomic E-state index is -3.68. The molecule has 3 rings (SSSR count). The van der Waals surface area contributed by atoms with Crippen molar-refractivity contribution in [2.45, 2.75) is 31.6 Å². The first-order valence-electron chi connectivity index (χ1n) is 9.61. The number of anilines is 1. The molecule has 1 heterocycles. The number of nitrogens with zero attached hydrogens (tertiary/aromatic N) is 1. The zero-order valence-corrected chi connectivity index (χ0v) is 18.1. The van der Waals surface area contributed by atoms with Crippen molar-refractivity contribution >= 4 is 33.2 Å². The van der Waals surface area contributed by atoms with Crippen LogP contribution in [-0.4, -0.2) is 38.3 Å². The van der Waals surface area contributed by atoms with Gasteiger partial charge in [-0.05, 0) is 74.7 Å². The van der Waals surface area contributed by atoms with Gasteiger partial charge < -0.3 is 10.1 Å². The summed E-state index contributed by atoms with van der Waals surface area (Å²) in [5, 5.41) is 3.43. The molecule has 2 aromatic carbocycles. The first-order valence-corrected chi connectivity index (χ1v) is 11.4. The summed E-state index contributed by atoms with van der Waals surface area (Å²) in [6, 6.07) is 11.7. The lowest BCUT2D eigenvalue weighted by molar-refractivity contribution is -0.120. The maximum atomic E-state index is 13.1. The molecule has 29 heavy (non-hydrogen) atoms. The third kappa shape index (κ3) is 5.10. The summed E-state index contributed by atoms with van der Waals surface area (Å²) in [5.74, 6) is 0.0819. The zero-order valence-electron chi connectivity index (χ0n) is 16.5. The molecule has 156 valence electrons. The summed E-state index contributed by atoms with van der Waals surface area (Å²) < 4.78 is 33.1. The molecule has 1 saturated heterocycles. The van der Waals surface area contributed by atoms with Gasteiger partial charge in [-0.15, -0.1) is 0 Å². The quantitative estimate of drug-likeness (QED) is 0.740. The fourth-order valence-corrected chi connectivity index (χ4v) is 5.14. The molecule has 0 saturated carbocycles. The smallest absolute Gasteiger partial charge is 0.243 e. The molecule has 1 amide bonds. The summed E-state index contributed by atoms with van der Waals surface area (Å²) >= 11 is 5.87. The number of benzene rings is 2. The monoisotopic (exact) mass is 436 g/mol. The number of rotatable bonds is 6. The van der Waals surface area contributed by atoms with Gasteiger partial charge in [0.25, 0.3) is 0 Å². The summed E-state index contributed by atoms with van der Waals surface area (Å²) in [5.41, 5.74) is 1.41. The van der Waals surface area contributed by atoms with Crippen molar-refractivity contribution in [1.82, 2.24) is 4.31 Å². The van der Waals surface area contributed by atoms with Gasteiger partial charge in [-0.25, -0.2) is 8.42 Å². The third-order valence-electron chi connectivity index (χ3n) is 4.95. The number of sulfonamides is 1. The number of ether oxygens (including phenoxy) is 1. The number of carbonyl (C=O) groups excluding carboxylic acids is 1. The van der Waals surface area contributed by atoms with Crippen LogP contribution in [-0.2, 0) is 14.8 Å². The molecule has 0 aliphatic carbocycles. The van der Waals surface area contributed by atoms with Crippen molar-refractivity contribution in [2.75, 3.05) is 25.0 Å². The first kappa shape index (κ1) is 21.6. The van der Waals surface area contributed by atoms with Crippen LogP contribution in [0.5, 0.6) is 5.75 Å². The second kappa shape index (κ2) is 9.15. The summed E-state index contributed by atoms with van der Waals surface area (Å²) in [7, 11) is -3.68. The van der Waals surface area contributed by atoms with Crippen molar-refractivity contribution < 1.29 is 17.9 Å². The summed E-state index contributed by atoms with van der Waals surface area (Å²) in [6.07, 6.45) is 1.28. The van der Waals surface area contributed by atoms with Crippen molar-refractivity contribution in [3.63, 3.8) is 0 Å². The molecule has 0 aromatic heterocycles. The predicted octanol–water partition coefficient (Wildman–Crippen LogP) is 4.09. The van der Waals surface area contributed by atoms with Crippen LogP contribution in [0.15, 0.2) is 47.4 Å². The van der Waals surface area contributed by atoms with Crippen LogP contribution in [0, 0.1) is 12.8 Å². The Morgan fingerprint density at radius 3 is 2.62 bits per heavy atom. The molecule has 1 aliphatic rings. The van der Waals surface area contributed by atoms with Crippen LogP contribution in [0.3, 0.4) is 0 Å². The van der Waals surface area contributed by atoms with Gasteiger partial charge in [0.05, 0.1) is 17.4 Å². The molecule has 1 N–H and O–H groups in total. The Kier molecular flexibility index (Phi) is 6.82. The molecule has 6 nitrogen and oxygen atoms in total. The SMILES string of the molecule is CCOc1ccc(S(=O)(=O)N2CCC[C@H](C(=O)Nc3ccc(Cl)cc3)C2)cc1C. The number of amides is 1. The molecule has 0 unspecified atom stereocenters. The van der Waals surface area contributed by atoms with Crippen LogP contribution in [0.4, 0.5) is 5.69 Å². The van der Waals surface area contributed by atoms with E-state index in [0.29, 0.717) is 42.5 Å². The lowest BCUT2D eigenvalue weighted by Crippen LogP contribution is -2.43. The van der Waals surface area contributed by atoms with E-state index >= 15 is 0 Å². The van der Waals surface area contributed by atoms with Crippen LogP contribution < -0.4 is 10.1 Å². The molecule has 2 aromatic rings. The van der Waals surface area contributed by atoms with Crippen LogP contribution in [0.2, 0.25) is 5.02 Å². The Morgan fingerprint density at radius 1 is 1.24 bits per heavy atom. The first-order chi connectivity index (χ1) is 13.8. The molecular weight excluding hydrogens is 412 g/mol. The van der Waals surface area contributed by atoms with E-state index in [9.17, 15) is 13.2 Å². The number of hydrogen-bond acceptors (Lipinski definition) is 4. The largest absolute Gasteiger partial charge is 0.494 e. The second-order valence-electron chi connectivity index (χ2n) is 7.06. The van der Waals surface area contributed by atoms with E-state index in [1.165, 1.54) is 4.31 Å². The highest BCUT2D eigenvalue weighted by molar-refractivity contribution is 7.89. The third-order valence-corrected chi connectivity index (χ3v) is 7.06. The Labute approximate surface area is 176 Å². The van der Waals surface area contributed by atoms with Gasteiger partial charge >= 0.3 is 0 Å². The van der Waals surface area contributed by atoms with Gasteiger partial charge in [0.15, 0.2) is 0 Å². The van der Waals surface area contributed by atoms with Crippen molar-refractivity contribution in [3.05, 3.63) is 53.1 Å². The molecular formula is C21H25ClN2O4S. The highest BCUT2D eigenvalue weighted by Crippen LogP contribution is 2.28. The highest BCUT2D eigenvalue weighted by Gasteiger charge is 2.33. The fourth-order valence-electron chi connectivity index (χ4n) is 3.40. The van der Waals surface area contributed by atoms with Crippen LogP contribution in [0.25, 0.3) is 0 Å². The van der Waals surface area contributed by atoms with E-state index in [-0.39, 0.29) is 17.3 Å². The van der Waals surface area contributed by atoms with E-state index in [1.54, 1.807) is 42.5 Å². The number of carbonyl (C=O) groups is 1. The van der Waals surface area contributed by atoms with Crippen LogP contribution >= 0.6 is 11.6 Å². The van der Waals surface area contributed by atoms with E-state index in [1.807, 2.05) is 13.8 Å². The molecule has 0 radical (unpaired) electrons. The minimum absolute atomic E-state index is 0.161. The lowest BCUT2D eigenvalue weighted by Gasteiger charge is -2.31. The van der Waals surface area contributed by atoms with Gasteiger partial charge in [-0.3, -0.25) is 4.79 Å². The van der Waals surface area contributed by atoms with Gasteiger partial charge in [-0.2, -0.15) is 4.31 Å². The van der Waals surface area contributed by atoms with Crippen molar-refractivity contribution in [1.29, 1.82) is 0 Å². The maximum Gasteiger partial charge on any atom is 0.243 e. The second-order valence-corrected chi connectivity index (χ2v) is 9.43. The Bertz CT molecular complexity index is 977. The Hall–Kier alpha value is -2.09. The van der Waals surface area contributed by atoms with Gasteiger partial charge in [0.1, 0.15) is 5.75 Å². The molecule has 0 spiro atoms. The standard InChI is InChI=1S/C21H25ClN2O4S/c1-3-28-20-11-10-19(13-15(20)2)29(26,27)24-12-4-5-16(14-24)21(25)23-18-8-6-17(22)7-9-18/h6-11,13,16H,3-5,12,14H2,1-2H3,(H,23,25)/t16-/m0/s1. The molecule has 0 bridgehead atoms.